The number of rotatable bonds is 2. The molecule has 0 bridgehead atoms. The lowest BCUT2D eigenvalue weighted by Gasteiger charge is -2.06. The molecule has 0 radical (unpaired) electrons. The maximum atomic E-state index is 10.0. The number of methoxy groups -OCH3 is 1. The number of phenols is 1. The lowest BCUT2D eigenvalue weighted by atomic mass is 10.2. The molecule has 6 heteroatoms. The van der Waals surface area contributed by atoms with Gasteiger partial charge in [-0.1, -0.05) is 18.2 Å². The van der Waals surface area contributed by atoms with E-state index in [9.17, 15) is 5.11 Å². The molecule has 102 valence electrons. The van der Waals surface area contributed by atoms with E-state index in [2.05, 4.69) is 36.8 Å². The van der Waals surface area contributed by atoms with E-state index >= 15 is 0 Å². The summed E-state index contributed by atoms with van der Waals surface area (Å²) in [6, 6.07) is 9.54. The number of halogens is 2. The Bertz CT molecular complexity index is 784. The maximum Gasteiger partial charge on any atom is 0.227 e. The van der Waals surface area contributed by atoms with E-state index in [-0.39, 0.29) is 5.75 Å². The van der Waals surface area contributed by atoms with Gasteiger partial charge in [0.05, 0.1) is 11.6 Å². The van der Waals surface area contributed by atoms with Gasteiger partial charge in [-0.15, -0.1) is 0 Å². The molecule has 2 aromatic carbocycles. The van der Waals surface area contributed by atoms with Crippen molar-refractivity contribution in [3.05, 3.63) is 39.3 Å². The first-order valence-corrected chi connectivity index (χ1v) is 7.32. The predicted octanol–water partition coefficient (Wildman–Crippen LogP) is 4.73. The van der Waals surface area contributed by atoms with Gasteiger partial charge in [-0.3, -0.25) is 0 Å². The summed E-state index contributed by atoms with van der Waals surface area (Å²) in [6.07, 6.45) is 0. The van der Waals surface area contributed by atoms with E-state index in [0.29, 0.717) is 31.7 Å². The van der Waals surface area contributed by atoms with Crippen LogP contribution in [0.3, 0.4) is 0 Å². The molecule has 20 heavy (non-hydrogen) atoms. The van der Waals surface area contributed by atoms with Crippen molar-refractivity contribution in [3.63, 3.8) is 0 Å². The quantitative estimate of drug-likeness (QED) is 0.677. The fourth-order valence-corrected chi connectivity index (χ4v) is 3.20. The van der Waals surface area contributed by atoms with Crippen molar-refractivity contribution in [2.24, 2.45) is 0 Å². The highest BCUT2D eigenvalue weighted by Crippen LogP contribution is 2.47. The number of benzene rings is 2. The number of oxazole rings is 1. The van der Waals surface area contributed by atoms with E-state index in [1.807, 2.05) is 30.3 Å². The molecule has 0 aliphatic carbocycles. The Morgan fingerprint density at radius 3 is 2.50 bits per heavy atom. The first kappa shape index (κ1) is 13.5. The van der Waals surface area contributed by atoms with Gasteiger partial charge in [-0.05, 0) is 44.0 Å². The predicted molar refractivity (Wildman–Crippen MR) is 83.1 cm³/mol. The number of hydrogen-bond donors (Lipinski definition) is 1. The largest absolute Gasteiger partial charge is 0.505 e. The van der Waals surface area contributed by atoms with E-state index in [0.717, 1.165) is 5.56 Å². The molecule has 4 nitrogen and oxygen atoms in total. The molecule has 0 fully saturated rings. The Balaban J connectivity index is 2.33. The van der Waals surface area contributed by atoms with Crippen molar-refractivity contribution in [2.75, 3.05) is 7.11 Å². The summed E-state index contributed by atoms with van der Waals surface area (Å²) in [5, 5.41) is 10.0. The molecule has 0 atom stereocenters. The second kappa shape index (κ2) is 5.10. The number of fused-ring (bicyclic) bond motifs is 1. The number of ether oxygens (including phenoxy) is 1. The molecular weight excluding hydrogens is 390 g/mol. The zero-order valence-corrected chi connectivity index (χ0v) is 13.5. The van der Waals surface area contributed by atoms with Crippen LogP contribution in [0, 0.1) is 0 Å². The van der Waals surface area contributed by atoms with Crippen LogP contribution in [0.25, 0.3) is 22.6 Å². The monoisotopic (exact) mass is 397 g/mol. The second-order valence-electron chi connectivity index (χ2n) is 4.07. The van der Waals surface area contributed by atoms with Crippen molar-refractivity contribution in [3.8, 4) is 23.0 Å². The Morgan fingerprint density at radius 1 is 1.15 bits per heavy atom. The minimum absolute atomic E-state index is 0.0299. The van der Waals surface area contributed by atoms with E-state index in [1.165, 1.54) is 7.11 Å². The Kier molecular flexibility index (Phi) is 3.43. The highest BCUT2D eigenvalue weighted by molar-refractivity contribution is 9.11. The van der Waals surface area contributed by atoms with Crippen LogP contribution in [-0.4, -0.2) is 17.2 Å². The van der Waals surface area contributed by atoms with Gasteiger partial charge in [0.15, 0.2) is 11.3 Å². The van der Waals surface area contributed by atoms with Crippen LogP contribution in [-0.2, 0) is 0 Å². The standard InChI is InChI=1S/C14H9Br2NO3/c1-19-12-9(16)11(18)8(15)10-13(12)20-14(17-10)7-5-3-2-4-6-7/h2-6,18H,1H3. The second-order valence-corrected chi connectivity index (χ2v) is 5.66. The molecule has 0 aliphatic heterocycles. The van der Waals surface area contributed by atoms with Gasteiger partial charge in [-0.25, -0.2) is 4.98 Å². The average molecular weight is 399 g/mol. The number of nitrogens with zero attached hydrogens (tertiary/aromatic N) is 1. The summed E-state index contributed by atoms with van der Waals surface area (Å²) in [6.45, 7) is 0. The van der Waals surface area contributed by atoms with E-state index in [1.54, 1.807) is 0 Å². The van der Waals surface area contributed by atoms with Crippen LogP contribution < -0.4 is 4.74 Å². The smallest absolute Gasteiger partial charge is 0.227 e. The number of aromatic nitrogens is 1. The van der Waals surface area contributed by atoms with Crippen molar-refractivity contribution in [2.45, 2.75) is 0 Å². The molecule has 0 saturated carbocycles. The third-order valence-corrected chi connectivity index (χ3v) is 4.37. The van der Waals surface area contributed by atoms with Crippen LogP contribution in [0.1, 0.15) is 0 Å². The van der Waals surface area contributed by atoms with Crippen molar-refractivity contribution in [1.29, 1.82) is 0 Å². The molecule has 1 heterocycles. The molecular formula is C14H9Br2NO3. The number of phenolic OH excluding ortho intramolecular Hbond substituents is 1. The Morgan fingerprint density at radius 2 is 1.85 bits per heavy atom. The van der Waals surface area contributed by atoms with Gasteiger partial charge in [-0.2, -0.15) is 0 Å². The van der Waals surface area contributed by atoms with Gasteiger partial charge in [0.25, 0.3) is 0 Å². The fraction of sp³-hybridized carbons (Fsp3) is 0.0714. The van der Waals surface area contributed by atoms with E-state index < -0.39 is 0 Å². The SMILES string of the molecule is COc1c(Br)c(O)c(Br)c2nc(-c3ccccc3)oc12. The minimum atomic E-state index is 0.0299. The zero-order valence-electron chi connectivity index (χ0n) is 10.4. The summed E-state index contributed by atoms with van der Waals surface area (Å²) in [5.74, 6) is 0.912. The fourth-order valence-electron chi connectivity index (χ4n) is 1.93. The number of aromatic hydroxyl groups is 1. The third-order valence-electron chi connectivity index (χ3n) is 2.88. The van der Waals surface area contributed by atoms with Crippen LogP contribution in [0.4, 0.5) is 0 Å². The van der Waals surface area contributed by atoms with Crippen LogP contribution >= 0.6 is 31.9 Å². The van der Waals surface area contributed by atoms with Crippen LogP contribution in [0.5, 0.6) is 11.5 Å². The van der Waals surface area contributed by atoms with E-state index in [4.69, 9.17) is 9.15 Å². The highest BCUT2D eigenvalue weighted by atomic mass is 79.9. The van der Waals surface area contributed by atoms with Gasteiger partial charge in [0.2, 0.25) is 5.89 Å². The first-order valence-electron chi connectivity index (χ1n) is 5.73. The molecule has 0 spiro atoms. The average Bonchev–Trinajstić information content (AvgIpc) is 2.91. The topological polar surface area (TPSA) is 55.5 Å². The van der Waals surface area contributed by atoms with Crippen molar-refractivity contribution >= 4 is 43.0 Å². The van der Waals surface area contributed by atoms with Gasteiger partial charge in [0.1, 0.15) is 15.7 Å². The lowest BCUT2D eigenvalue weighted by Crippen LogP contribution is -1.87. The van der Waals surface area contributed by atoms with Crippen LogP contribution in [0.2, 0.25) is 0 Å². The summed E-state index contributed by atoms with van der Waals surface area (Å²) in [7, 11) is 1.51. The molecule has 3 rings (SSSR count). The molecule has 0 saturated heterocycles. The summed E-state index contributed by atoms with van der Waals surface area (Å²) in [4.78, 5) is 4.42. The van der Waals surface area contributed by atoms with Gasteiger partial charge < -0.3 is 14.3 Å². The lowest BCUT2D eigenvalue weighted by molar-refractivity contribution is 0.400. The van der Waals surface area contributed by atoms with Crippen molar-refractivity contribution in [1.82, 2.24) is 4.98 Å². The third kappa shape index (κ3) is 1.99. The number of hydrogen-bond acceptors (Lipinski definition) is 4. The molecule has 0 aliphatic rings. The molecule has 0 amide bonds. The summed E-state index contributed by atoms with van der Waals surface area (Å²) < 4.78 is 12.0. The maximum absolute atomic E-state index is 10.0. The highest BCUT2D eigenvalue weighted by Gasteiger charge is 2.22. The minimum Gasteiger partial charge on any atom is -0.505 e. The van der Waals surface area contributed by atoms with Crippen molar-refractivity contribution < 1.29 is 14.3 Å². The molecule has 1 aromatic heterocycles. The Labute approximate surface area is 131 Å². The van der Waals surface area contributed by atoms with Gasteiger partial charge in [0, 0.05) is 5.56 Å². The molecule has 1 N–H and O–H groups in total. The summed E-state index contributed by atoms with van der Waals surface area (Å²) >= 11 is 6.61. The molecule has 3 aromatic rings. The first-order chi connectivity index (χ1) is 9.63. The summed E-state index contributed by atoms with van der Waals surface area (Å²) in [5.41, 5.74) is 1.84. The Hall–Kier alpha value is -1.53. The van der Waals surface area contributed by atoms with Gasteiger partial charge >= 0.3 is 0 Å². The molecule has 0 unspecified atom stereocenters. The zero-order chi connectivity index (χ0) is 14.3. The normalized spacial score (nSPS) is 10.9. The van der Waals surface area contributed by atoms with Crippen LogP contribution in [0.15, 0.2) is 43.7 Å².